The lowest BCUT2D eigenvalue weighted by atomic mass is 10.1. The first kappa shape index (κ1) is 20.9. The topological polar surface area (TPSA) is 48.7 Å². The zero-order valence-corrected chi connectivity index (χ0v) is 18.1. The number of piperazine rings is 1. The summed E-state index contributed by atoms with van der Waals surface area (Å²) < 4.78 is 15.3. The van der Waals surface area contributed by atoms with Gasteiger partial charge in [-0.05, 0) is 42.3 Å². The summed E-state index contributed by atoms with van der Waals surface area (Å²) in [6, 6.07) is 15.3. The summed E-state index contributed by atoms with van der Waals surface area (Å²) in [7, 11) is 1.83. The van der Waals surface area contributed by atoms with Crippen molar-refractivity contribution in [3.05, 3.63) is 83.7 Å². The molecule has 0 radical (unpaired) electrons. The Morgan fingerprint density at radius 1 is 1.06 bits per heavy atom. The van der Waals surface area contributed by atoms with Crippen LogP contribution in [0.2, 0.25) is 0 Å². The van der Waals surface area contributed by atoms with Gasteiger partial charge >= 0.3 is 0 Å². The highest BCUT2D eigenvalue weighted by Gasteiger charge is 2.19. The number of hydrogen-bond donors (Lipinski definition) is 1. The summed E-state index contributed by atoms with van der Waals surface area (Å²) in [5.41, 5.74) is 3.54. The highest BCUT2D eigenvalue weighted by atomic mass is 19.1. The van der Waals surface area contributed by atoms with Gasteiger partial charge in [-0.15, -0.1) is 0 Å². The van der Waals surface area contributed by atoms with E-state index >= 15 is 0 Å². The van der Waals surface area contributed by atoms with Gasteiger partial charge in [0.2, 0.25) is 0 Å². The molecule has 4 rings (SSSR count). The summed E-state index contributed by atoms with van der Waals surface area (Å²) in [6.07, 6.45) is 3.84. The predicted octanol–water partition coefficient (Wildman–Crippen LogP) is 3.28. The van der Waals surface area contributed by atoms with Crippen molar-refractivity contribution in [1.82, 2.24) is 19.8 Å². The molecule has 3 aromatic rings. The Morgan fingerprint density at radius 2 is 1.81 bits per heavy atom. The molecular weight excluding hydrogens is 391 g/mol. The quantitative estimate of drug-likeness (QED) is 0.508. The second-order valence-corrected chi connectivity index (χ2v) is 7.77. The van der Waals surface area contributed by atoms with Crippen molar-refractivity contribution in [2.24, 2.45) is 4.99 Å². The number of benzene rings is 2. The highest BCUT2D eigenvalue weighted by Crippen LogP contribution is 2.17. The van der Waals surface area contributed by atoms with Gasteiger partial charge in [-0.2, -0.15) is 0 Å². The fourth-order valence-electron chi connectivity index (χ4n) is 3.95. The van der Waals surface area contributed by atoms with Gasteiger partial charge in [0.1, 0.15) is 11.6 Å². The molecule has 0 saturated carbocycles. The van der Waals surface area contributed by atoms with Crippen LogP contribution in [0.4, 0.5) is 10.1 Å². The van der Waals surface area contributed by atoms with Crippen LogP contribution in [0.25, 0.3) is 0 Å². The van der Waals surface area contributed by atoms with Crippen LogP contribution in [-0.2, 0) is 13.1 Å². The molecule has 0 spiro atoms. The second kappa shape index (κ2) is 9.64. The summed E-state index contributed by atoms with van der Waals surface area (Å²) in [4.78, 5) is 13.3. The zero-order valence-electron chi connectivity index (χ0n) is 18.1. The van der Waals surface area contributed by atoms with Crippen LogP contribution in [-0.4, -0.2) is 53.6 Å². The predicted molar refractivity (Wildman–Crippen MR) is 123 cm³/mol. The minimum atomic E-state index is -0.198. The smallest absolute Gasteiger partial charge is 0.194 e. The highest BCUT2D eigenvalue weighted by molar-refractivity contribution is 5.80. The minimum Gasteiger partial charge on any atom is -0.368 e. The first-order valence-corrected chi connectivity index (χ1v) is 10.6. The van der Waals surface area contributed by atoms with E-state index in [9.17, 15) is 4.39 Å². The van der Waals surface area contributed by atoms with Crippen molar-refractivity contribution in [2.75, 3.05) is 38.1 Å². The third kappa shape index (κ3) is 5.23. The summed E-state index contributed by atoms with van der Waals surface area (Å²) in [5, 5.41) is 3.50. The summed E-state index contributed by atoms with van der Waals surface area (Å²) >= 11 is 0. The normalized spacial score (nSPS) is 14.7. The van der Waals surface area contributed by atoms with Crippen LogP contribution in [0, 0.1) is 12.7 Å². The lowest BCUT2D eigenvalue weighted by molar-refractivity contribution is 0.372. The molecule has 1 saturated heterocycles. The van der Waals surface area contributed by atoms with Crippen molar-refractivity contribution in [3.8, 4) is 0 Å². The Labute approximate surface area is 183 Å². The van der Waals surface area contributed by atoms with Crippen LogP contribution < -0.4 is 10.2 Å². The fourth-order valence-corrected chi connectivity index (χ4v) is 3.95. The molecule has 1 fully saturated rings. The molecule has 31 heavy (non-hydrogen) atoms. The van der Waals surface area contributed by atoms with E-state index in [0.29, 0.717) is 0 Å². The standard InChI is InChI=1S/C24H29FN6/c1-19-27-10-11-31(19)18-21-5-3-4-20(16-21)17-28-24(26-2)30-14-12-29(13-15-30)23-8-6-22(25)7-9-23/h3-11,16H,12-15,17-18H2,1-2H3,(H,26,28). The van der Waals surface area contributed by atoms with E-state index < -0.39 is 0 Å². The molecule has 1 aliphatic rings. The maximum absolute atomic E-state index is 13.2. The van der Waals surface area contributed by atoms with E-state index in [-0.39, 0.29) is 5.82 Å². The molecule has 7 heteroatoms. The first-order valence-electron chi connectivity index (χ1n) is 10.6. The van der Waals surface area contributed by atoms with Gasteiger partial charge < -0.3 is 19.7 Å². The van der Waals surface area contributed by atoms with E-state index in [1.807, 2.05) is 38.5 Å². The number of aromatic nitrogens is 2. The molecule has 1 aromatic heterocycles. The van der Waals surface area contributed by atoms with E-state index in [1.54, 1.807) is 0 Å². The van der Waals surface area contributed by atoms with E-state index in [4.69, 9.17) is 0 Å². The Bertz CT molecular complexity index is 1020. The van der Waals surface area contributed by atoms with Crippen LogP contribution in [0.5, 0.6) is 0 Å². The number of guanidine groups is 1. The van der Waals surface area contributed by atoms with E-state index in [2.05, 4.69) is 53.9 Å². The average molecular weight is 421 g/mol. The van der Waals surface area contributed by atoms with Crippen LogP contribution in [0.1, 0.15) is 17.0 Å². The molecular formula is C24H29FN6. The zero-order chi connectivity index (χ0) is 21.6. The van der Waals surface area contributed by atoms with Gasteiger partial charge in [-0.3, -0.25) is 4.99 Å². The monoisotopic (exact) mass is 420 g/mol. The van der Waals surface area contributed by atoms with Gasteiger partial charge in [0.05, 0.1) is 0 Å². The van der Waals surface area contributed by atoms with E-state index in [1.165, 1.54) is 23.3 Å². The summed E-state index contributed by atoms with van der Waals surface area (Å²) in [6.45, 7) is 7.07. The number of nitrogens with zero attached hydrogens (tertiary/aromatic N) is 5. The number of anilines is 1. The van der Waals surface area contributed by atoms with Crippen molar-refractivity contribution in [1.29, 1.82) is 0 Å². The lowest BCUT2D eigenvalue weighted by Crippen LogP contribution is -2.52. The van der Waals surface area contributed by atoms with Crippen LogP contribution >= 0.6 is 0 Å². The third-order valence-corrected chi connectivity index (χ3v) is 5.70. The van der Waals surface area contributed by atoms with Crippen molar-refractivity contribution in [3.63, 3.8) is 0 Å². The number of rotatable bonds is 5. The Balaban J connectivity index is 1.31. The Kier molecular flexibility index (Phi) is 6.50. The number of aryl methyl sites for hydroxylation is 1. The van der Waals surface area contributed by atoms with Gasteiger partial charge in [-0.1, -0.05) is 24.3 Å². The molecule has 2 aromatic carbocycles. The maximum atomic E-state index is 13.2. The average Bonchev–Trinajstić information content (AvgIpc) is 3.20. The second-order valence-electron chi connectivity index (χ2n) is 7.77. The van der Waals surface area contributed by atoms with Crippen LogP contribution in [0.15, 0.2) is 65.9 Å². The lowest BCUT2D eigenvalue weighted by Gasteiger charge is -2.37. The number of hydrogen-bond acceptors (Lipinski definition) is 3. The van der Waals surface area contributed by atoms with Gasteiger partial charge in [-0.25, -0.2) is 9.37 Å². The maximum Gasteiger partial charge on any atom is 0.194 e. The first-order chi connectivity index (χ1) is 15.1. The van der Waals surface area contributed by atoms with Gasteiger partial charge in [0.25, 0.3) is 0 Å². The summed E-state index contributed by atoms with van der Waals surface area (Å²) in [5.74, 6) is 1.73. The van der Waals surface area contributed by atoms with Gasteiger partial charge in [0, 0.05) is 64.4 Å². The Hall–Kier alpha value is -3.35. The molecule has 1 aliphatic heterocycles. The number of halogens is 1. The van der Waals surface area contributed by atoms with Crippen molar-refractivity contribution in [2.45, 2.75) is 20.0 Å². The Morgan fingerprint density at radius 3 is 2.48 bits per heavy atom. The fraction of sp³-hybridized carbons (Fsp3) is 0.333. The molecule has 162 valence electrons. The molecule has 0 bridgehead atoms. The molecule has 0 unspecified atom stereocenters. The molecule has 0 aliphatic carbocycles. The number of aliphatic imine (C=N–C) groups is 1. The van der Waals surface area contributed by atoms with Crippen LogP contribution in [0.3, 0.4) is 0 Å². The van der Waals surface area contributed by atoms with Crippen molar-refractivity contribution < 1.29 is 4.39 Å². The minimum absolute atomic E-state index is 0.198. The number of imidazole rings is 1. The van der Waals surface area contributed by atoms with E-state index in [0.717, 1.165) is 56.7 Å². The number of nitrogens with one attached hydrogen (secondary N) is 1. The molecule has 0 atom stereocenters. The third-order valence-electron chi connectivity index (χ3n) is 5.70. The molecule has 6 nitrogen and oxygen atoms in total. The van der Waals surface area contributed by atoms with Crippen molar-refractivity contribution >= 4 is 11.6 Å². The molecule has 1 N–H and O–H groups in total. The molecule has 0 amide bonds. The SMILES string of the molecule is CN=C(NCc1cccc(Cn2ccnc2C)c1)N1CCN(c2ccc(F)cc2)CC1. The molecule has 2 heterocycles. The largest absolute Gasteiger partial charge is 0.368 e. The van der Waals surface area contributed by atoms with Gasteiger partial charge in [0.15, 0.2) is 5.96 Å².